The molecule has 0 aromatic carbocycles. The molecule has 1 aliphatic heterocycles. The Morgan fingerprint density at radius 1 is 1.42 bits per heavy atom. The van der Waals surface area contributed by atoms with E-state index in [9.17, 15) is 0 Å². The Morgan fingerprint density at radius 3 is 2.33 bits per heavy atom. The summed E-state index contributed by atoms with van der Waals surface area (Å²) in [4.78, 5) is 2.38. The lowest BCUT2D eigenvalue weighted by molar-refractivity contribution is -0.0687. The zero-order valence-corrected chi connectivity index (χ0v) is 8.29. The highest BCUT2D eigenvalue weighted by Gasteiger charge is 2.22. The molecule has 0 radical (unpaired) electrons. The Labute approximate surface area is 74.9 Å². The SMILES string of the molecule is CC1CN(C[C@H](C)N)CC(C)O1. The van der Waals surface area contributed by atoms with Gasteiger partial charge in [-0.05, 0) is 20.8 Å². The van der Waals surface area contributed by atoms with Crippen LogP contribution in [0.1, 0.15) is 20.8 Å². The lowest BCUT2D eigenvalue weighted by atomic mass is 10.2. The third kappa shape index (κ3) is 3.09. The summed E-state index contributed by atoms with van der Waals surface area (Å²) in [5.74, 6) is 0. The smallest absolute Gasteiger partial charge is 0.0678 e. The van der Waals surface area contributed by atoms with Crippen LogP contribution in [0, 0.1) is 0 Å². The zero-order valence-electron chi connectivity index (χ0n) is 8.29. The molecule has 3 nitrogen and oxygen atoms in total. The van der Waals surface area contributed by atoms with Crippen LogP contribution in [0.15, 0.2) is 0 Å². The van der Waals surface area contributed by atoms with Gasteiger partial charge in [0.2, 0.25) is 0 Å². The summed E-state index contributed by atoms with van der Waals surface area (Å²) in [7, 11) is 0. The van der Waals surface area contributed by atoms with Gasteiger partial charge in [-0.25, -0.2) is 0 Å². The molecule has 12 heavy (non-hydrogen) atoms. The average Bonchev–Trinajstić information content (AvgIpc) is 1.81. The van der Waals surface area contributed by atoms with Gasteiger partial charge in [0.1, 0.15) is 0 Å². The van der Waals surface area contributed by atoms with Gasteiger partial charge in [-0.15, -0.1) is 0 Å². The van der Waals surface area contributed by atoms with Crippen molar-refractivity contribution in [3.8, 4) is 0 Å². The van der Waals surface area contributed by atoms with Crippen molar-refractivity contribution in [2.45, 2.75) is 39.0 Å². The highest BCUT2D eigenvalue weighted by atomic mass is 16.5. The van der Waals surface area contributed by atoms with E-state index in [1.807, 2.05) is 6.92 Å². The predicted molar refractivity (Wildman–Crippen MR) is 50.1 cm³/mol. The molecule has 0 spiro atoms. The first-order chi connectivity index (χ1) is 5.58. The van der Waals surface area contributed by atoms with E-state index in [1.165, 1.54) is 0 Å². The van der Waals surface area contributed by atoms with Crippen molar-refractivity contribution >= 4 is 0 Å². The Bertz CT molecular complexity index is 126. The first kappa shape index (κ1) is 9.96. The fourth-order valence-electron chi connectivity index (χ4n) is 1.84. The van der Waals surface area contributed by atoms with Gasteiger partial charge in [-0.2, -0.15) is 0 Å². The second-order valence-electron chi connectivity index (χ2n) is 3.95. The molecule has 1 fully saturated rings. The minimum atomic E-state index is 0.266. The number of nitrogens with zero attached hydrogens (tertiary/aromatic N) is 1. The van der Waals surface area contributed by atoms with Gasteiger partial charge in [-0.1, -0.05) is 0 Å². The number of nitrogens with two attached hydrogens (primary N) is 1. The summed E-state index contributed by atoms with van der Waals surface area (Å²) in [6, 6.07) is 0.266. The van der Waals surface area contributed by atoms with Crippen LogP contribution in [-0.2, 0) is 4.74 Å². The van der Waals surface area contributed by atoms with Crippen molar-refractivity contribution in [3.05, 3.63) is 0 Å². The molecule has 1 saturated heterocycles. The zero-order chi connectivity index (χ0) is 9.14. The summed E-state index contributed by atoms with van der Waals surface area (Å²) in [5, 5.41) is 0. The molecular formula is C9H20N2O. The molecule has 0 aromatic rings. The molecule has 0 saturated carbocycles. The summed E-state index contributed by atoms with van der Waals surface area (Å²) < 4.78 is 5.62. The van der Waals surface area contributed by atoms with Crippen LogP contribution in [0.3, 0.4) is 0 Å². The third-order valence-corrected chi connectivity index (χ3v) is 2.04. The molecule has 1 aliphatic rings. The Morgan fingerprint density at radius 2 is 1.92 bits per heavy atom. The fraction of sp³-hybridized carbons (Fsp3) is 1.00. The molecule has 0 amide bonds. The van der Waals surface area contributed by atoms with E-state index in [0.29, 0.717) is 12.2 Å². The van der Waals surface area contributed by atoms with Crippen LogP contribution in [-0.4, -0.2) is 42.8 Å². The van der Waals surface area contributed by atoms with Crippen molar-refractivity contribution in [2.24, 2.45) is 5.73 Å². The van der Waals surface area contributed by atoms with Crippen molar-refractivity contribution in [2.75, 3.05) is 19.6 Å². The maximum atomic E-state index is 5.73. The molecule has 72 valence electrons. The van der Waals surface area contributed by atoms with E-state index in [1.54, 1.807) is 0 Å². The van der Waals surface area contributed by atoms with Crippen LogP contribution < -0.4 is 5.73 Å². The van der Waals surface area contributed by atoms with Crippen molar-refractivity contribution in [1.82, 2.24) is 4.90 Å². The van der Waals surface area contributed by atoms with E-state index < -0.39 is 0 Å². The topological polar surface area (TPSA) is 38.5 Å². The van der Waals surface area contributed by atoms with Crippen molar-refractivity contribution in [1.29, 1.82) is 0 Å². The Kier molecular flexibility index (Phi) is 3.50. The molecule has 0 aliphatic carbocycles. The van der Waals surface area contributed by atoms with Gasteiger partial charge >= 0.3 is 0 Å². The quantitative estimate of drug-likeness (QED) is 0.657. The van der Waals surface area contributed by atoms with Gasteiger partial charge in [0.15, 0.2) is 0 Å². The molecule has 1 heterocycles. The van der Waals surface area contributed by atoms with Gasteiger partial charge in [0.05, 0.1) is 12.2 Å². The molecular weight excluding hydrogens is 152 g/mol. The minimum Gasteiger partial charge on any atom is -0.373 e. The minimum absolute atomic E-state index is 0.266. The Balaban J connectivity index is 2.34. The van der Waals surface area contributed by atoms with E-state index in [4.69, 9.17) is 10.5 Å². The average molecular weight is 172 g/mol. The highest BCUT2D eigenvalue weighted by Crippen LogP contribution is 2.10. The van der Waals surface area contributed by atoms with Crippen LogP contribution in [0.2, 0.25) is 0 Å². The predicted octanol–water partition coefficient (Wildman–Crippen LogP) is 0.443. The molecule has 0 aromatic heterocycles. The maximum absolute atomic E-state index is 5.73. The number of hydrogen-bond acceptors (Lipinski definition) is 3. The number of morpholine rings is 1. The van der Waals surface area contributed by atoms with Crippen LogP contribution >= 0.6 is 0 Å². The lowest BCUT2D eigenvalue weighted by Crippen LogP contribution is -2.48. The molecule has 0 bridgehead atoms. The molecule has 1 rings (SSSR count). The number of hydrogen-bond donors (Lipinski definition) is 1. The largest absolute Gasteiger partial charge is 0.373 e. The first-order valence-electron chi connectivity index (χ1n) is 4.71. The van der Waals surface area contributed by atoms with Crippen LogP contribution in [0.25, 0.3) is 0 Å². The number of rotatable bonds is 2. The first-order valence-corrected chi connectivity index (χ1v) is 4.71. The molecule has 3 heteroatoms. The lowest BCUT2D eigenvalue weighted by Gasteiger charge is -2.36. The standard InChI is InChI=1S/C9H20N2O/c1-7(10)4-11-5-8(2)12-9(3)6-11/h7-9H,4-6,10H2,1-3H3/t7-,8?,9?/m0/s1. The van der Waals surface area contributed by atoms with Crippen LogP contribution in [0.5, 0.6) is 0 Å². The summed E-state index contributed by atoms with van der Waals surface area (Å²) in [6.45, 7) is 9.30. The summed E-state index contributed by atoms with van der Waals surface area (Å²) >= 11 is 0. The fourth-order valence-corrected chi connectivity index (χ4v) is 1.84. The van der Waals surface area contributed by atoms with Crippen molar-refractivity contribution in [3.63, 3.8) is 0 Å². The second kappa shape index (κ2) is 4.21. The van der Waals surface area contributed by atoms with Gasteiger partial charge in [0, 0.05) is 25.7 Å². The Hall–Kier alpha value is -0.120. The van der Waals surface area contributed by atoms with E-state index in [0.717, 1.165) is 19.6 Å². The number of ether oxygens (including phenoxy) is 1. The van der Waals surface area contributed by atoms with E-state index >= 15 is 0 Å². The summed E-state index contributed by atoms with van der Waals surface area (Å²) in [5.41, 5.74) is 5.73. The van der Waals surface area contributed by atoms with E-state index in [-0.39, 0.29) is 6.04 Å². The maximum Gasteiger partial charge on any atom is 0.0678 e. The third-order valence-electron chi connectivity index (χ3n) is 2.04. The monoisotopic (exact) mass is 172 g/mol. The molecule has 2 unspecified atom stereocenters. The normalized spacial score (nSPS) is 35.0. The molecule has 3 atom stereocenters. The summed E-state index contributed by atoms with van der Waals surface area (Å²) in [6.07, 6.45) is 0.708. The molecule has 2 N–H and O–H groups in total. The van der Waals surface area contributed by atoms with Gasteiger partial charge in [-0.3, -0.25) is 4.90 Å². The van der Waals surface area contributed by atoms with Gasteiger partial charge < -0.3 is 10.5 Å². The highest BCUT2D eigenvalue weighted by molar-refractivity contribution is 4.75. The van der Waals surface area contributed by atoms with Crippen molar-refractivity contribution < 1.29 is 4.74 Å². The van der Waals surface area contributed by atoms with Crippen LogP contribution in [0.4, 0.5) is 0 Å². The second-order valence-corrected chi connectivity index (χ2v) is 3.95. The van der Waals surface area contributed by atoms with Gasteiger partial charge in [0.25, 0.3) is 0 Å². The van der Waals surface area contributed by atoms with E-state index in [2.05, 4.69) is 18.7 Å².